The standard InChI is InChI=1S/C12H28N2S/c1-6-10(3)12(13)8-14(4)11(7-2)9-15-5/h10-12H,6-9,13H2,1-5H3. The van der Waals surface area contributed by atoms with Crippen LogP contribution >= 0.6 is 11.8 Å². The molecule has 92 valence electrons. The van der Waals surface area contributed by atoms with E-state index in [0.29, 0.717) is 18.0 Å². The fraction of sp³-hybridized carbons (Fsp3) is 1.00. The van der Waals surface area contributed by atoms with Crippen LogP contribution in [-0.2, 0) is 0 Å². The molecule has 3 heteroatoms. The maximum absolute atomic E-state index is 6.17. The Labute approximate surface area is 100.0 Å². The van der Waals surface area contributed by atoms with E-state index in [4.69, 9.17) is 5.73 Å². The number of thioether (sulfide) groups is 1. The topological polar surface area (TPSA) is 29.3 Å². The second-order valence-electron chi connectivity index (χ2n) is 4.51. The molecule has 0 aromatic heterocycles. The van der Waals surface area contributed by atoms with Crippen molar-refractivity contribution in [3.05, 3.63) is 0 Å². The van der Waals surface area contributed by atoms with Crippen LogP contribution in [0.5, 0.6) is 0 Å². The molecule has 0 saturated heterocycles. The Balaban J connectivity index is 4.02. The van der Waals surface area contributed by atoms with E-state index < -0.39 is 0 Å². The molecule has 0 amide bonds. The van der Waals surface area contributed by atoms with Crippen molar-refractivity contribution in [2.75, 3.05) is 25.6 Å². The van der Waals surface area contributed by atoms with E-state index in [-0.39, 0.29) is 0 Å². The van der Waals surface area contributed by atoms with Crippen LogP contribution < -0.4 is 5.73 Å². The summed E-state index contributed by atoms with van der Waals surface area (Å²) < 4.78 is 0. The summed E-state index contributed by atoms with van der Waals surface area (Å²) in [5.41, 5.74) is 6.17. The molecule has 0 fully saturated rings. The summed E-state index contributed by atoms with van der Waals surface area (Å²) in [6.07, 6.45) is 4.56. The van der Waals surface area contributed by atoms with Gasteiger partial charge in [0.1, 0.15) is 0 Å². The van der Waals surface area contributed by atoms with Crippen molar-refractivity contribution in [2.45, 2.75) is 45.7 Å². The van der Waals surface area contributed by atoms with E-state index in [9.17, 15) is 0 Å². The number of rotatable bonds is 8. The molecular formula is C12H28N2S. The van der Waals surface area contributed by atoms with Crippen LogP contribution in [0.4, 0.5) is 0 Å². The number of hydrogen-bond donors (Lipinski definition) is 1. The van der Waals surface area contributed by atoms with Crippen LogP contribution in [0.2, 0.25) is 0 Å². The minimum Gasteiger partial charge on any atom is -0.326 e. The lowest BCUT2D eigenvalue weighted by molar-refractivity contribution is 0.219. The average Bonchev–Trinajstić information content (AvgIpc) is 2.24. The van der Waals surface area contributed by atoms with Gasteiger partial charge in [0.25, 0.3) is 0 Å². The minimum atomic E-state index is 0.316. The zero-order valence-electron chi connectivity index (χ0n) is 11.0. The van der Waals surface area contributed by atoms with Gasteiger partial charge in [0.15, 0.2) is 0 Å². The Kier molecular flexibility index (Phi) is 8.58. The number of nitrogens with zero attached hydrogens (tertiary/aromatic N) is 1. The second kappa shape index (κ2) is 8.43. The molecule has 0 spiro atoms. The van der Waals surface area contributed by atoms with Gasteiger partial charge in [-0.15, -0.1) is 0 Å². The van der Waals surface area contributed by atoms with Crippen molar-refractivity contribution in [1.82, 2.24) is 4.90 Å². The van der Waals surface area contributed by atoms with Crippen LogP contribution in [-0.4, -0.2) is 42.6 Å². The van der Waals surface area contributed by atoms with Crippen molar-refractivity contribution < 1.29 is 0 Å². The van der Waals surface area contributed by atoms with Gasteiger partial charge in [-0.05, 0) is 25.6 Å². The van der Waals surface area contributed by atoms with E-state index in [1.54, 1.807) is 0 Å². The summed E-state index contributed by atoms with van der Waals surface area (Å²) in [4.78, 5) is 2.42. The van der Waals surface area contributed by atoms with Crippen LogP contribution in [0.25, 0.3) is 0 Å². The predicted octanol–water partition coefficient (Wildman–Crippen LogP) is 2.43. The molecular weight excluding hydrogens is 204 g/mol. The maximum Gasteiger partial charge on any atom is 0.0193 e. The zero-order valence-corrected chi connectivity index (χ0v) is 11.8. The molecule has 2 N–H and O–H groups in total. The Morgan fingerprint density at radius 3 is 2.27 bits per heavy atom. The van der Waals surface area contributed by atoms with Crippen molar-refractivity contribution in [1.29, 1.82) is 0 Å². The second-order valence-corrected chi connectivity index (χ2v) is 5.42. The van der Waals surface area contributed by atoms with E-state index >= 15 is 0 Å². The molecule has 0 aromatic carbocycles. The highest BCUT2D eigenvalue weighted by Gasteiger charge is 2.17. The molecule has 0 aliphatic heterocycles. The van der Waals surface area contributed by atoms with Gasteiger partial charge in [0, 0.05) is 24.4 Å². The van der Waals surface area contributed by atoms with Crippen LogP contribution in [0.1, 0.15) is 33.6 Å². The van der Waals surface area contributed by atoms with Gasteiger partial charge in [-0.1, -0.05) is 27.2 Å². The monoisotopic (exact) mass is 232 g/mol. The van der Waals surface area contributed by atoms with E-state index in [0.717, 1.165) is 6.54 Å². The Morgan fingerprint density at radius 2 is 1.87 bits per heavy atom. The molecule has 0 saturated carbocycles. The highest BCUT2D eigenvalue weighted by Crippen LogP contribution is 2.12. The van der Waals surface area contributed by atoms with Crippen molar-refractivity contribution in [3.63, 3.8) is 0 Å². The predicted molar refractivity (Wildman–Crippen MR) is 72.5 cm³/mol. The number of hydrogen-bond acceptors (Lipinski definition) is 3. The summed E-state index contributed by atoms with van der Waals surface area (Å²) >= 11 is 1.92. The van der Waals surface area contributed by atoms with Crippen LogP contribution in [0.15, 0.2) is 0 Å². The first kappa shape index (κ1) is 15.3. The van der Waals surface area contributed by atoms with Crippen LogP contribution in [0, 0.1) is 5.92 Å². The lowest BCUT2D eigenvalue weighted by atomic mass is 9.99. The third-order valence-corrected chi connectivity index (χ3v) is 4.05. The SMILES string of the molecule is CCC(C)C(N)CN(C)C(CC)CSC. The largest absolute Gasteiger partial charge is 0.326 e. The molecule has 0 aliphatic rings. The molecule has 15 heavy (non-hydrogen) atoms. The molecule has 0 rings (SSSR count). The first-order valence-corrected chi connectivity index (χ1v) is 7.40. The van der Waals surface area contributed by atoms with Gasteiger partial charge in [-0.3, -0.25) is 0 Å². The van der Waals surface area contributed by atoms with Gasteiger partial charge >= 0.3 is 0 Å². The minimum absolute atomic E-state index is 0.316. The van der Waals surface area contributed by atoms with Crippen molar-refractivity contribution >= 4 is 11.8 Å². The molecule has 2 nitrogen and oxygen atoms in total. The van der Waals surface area contributed by atoms with Gasteiger partial charge in [-0.25, -0.2) is 0 Å². The summed E-state index contributed by atoms with van der Waals surface area (Å²) in [6.45, 7) is 7.73. The summed E-state index contributed by atoms with van der Waals surface area (Å²) in [7, 11) is 2.20. The molecule has 3 unspecified atom stereocenters. The normalized spacial score (nSPS) is 17.8. The summed E-state index contributed by atoms with van der Waals surface area (Å²) in [5, 5.41) is 0. The van der Waals surface area contributed by atoms with Gasteiger partial charge in [-0.2, -0.15) is 11.8 Å². The van der Waals surface area contributed by atoms with Crippen molar-refractivity contribution in [2.24, 2.45) is 11.7 Å². The number of nitrogens with two attached hydrogens (primary N) is 1. The Morgan fingerprint density at radius 1 is 1.27 bits per heavy atom. The molecule has 0 aromatic rings. The number of likely N-dealkylation sites (N-methyl/N-ethyl adjacent to an activating group) is 1. The molecule has 3 atom stereocenters. The third kappa shape index (κ3) is 5.79. The van der Waals surface area contributed by atoms with Crippen molar-refractivity contribution in [3.8, 4) is 0 Å². The van der Waals surface area contributed by atoms with Crippen LogP contribution in [0.3, 0.4) is 0 Å². The summed E-state index contributed by atoms with van der Waals surface area (Å²) in [6, 6.07) is 0.992. The first-order chi connectivity index (χ1) is 7.06. The highest BCUT2D eigenvalue weighted by atomic mass is 32.2. The Hall–Kier alpha value is 0.270. The third-order valence-electron chi connectivity index (χ3n) is 3.33. The van der Waals surface area contributed by atoms with E-state index in [1.165, 1.54) is 18.6 Å². The summed E-state index contributed by atoms with van der Waals surface area (Å²) in [5.74, 6) is 1.83. The van der Waals surface area contributed by atoms with Gasteiger partial charge in [0.2, 0.25) is 0 Å². The molecule has 0 bridgehead atoms. The fourth-order valence-corrected chi connectivity index (χ4v) is 2.59. The smallest absolute Gasteiger partial charge is 0.0193 e. The average molecular weight is 232 g/mol. The maximum atomic E-state index is 6.17. The van der Waals surface area contributed by atoms with Gasteiger partial charge in [0.05, 0.1) is 0 Å². The Bertz CT molecular complexity index is 153. The molecule has 0 heterocycles. The van der Waals surface area contributed by atoms with E-state index in [2.05, 4.69) is 39.0 Å². The molecule has 0 aliphatic carbocycles. The lowest BCUT2D eigenvalue weighted by Gasteiger charge is -2.31. The molecule has 0 radical (unpaired) electrons. The quantitative estimate of drug-likeness (QED) is 0.697. The van der Waals surface area contributed by atoms with E-state index in [1.807, 2.05) is 11.8 Å². The lowest BCUT2D eigenvalue weighted by Crippen LogP contribution is -2.44. The van der Waals surface area contributed by atoms with Gasteiger partial charge < -0.3 is 10.6 Å². The zero-order chi connectivity index (χ0) is 11.8. The fourth-order valence-electron chi connectivity index (χ4n) is 1.71. The first-order valence-electron chi connectivity index (χ1n) is 6.01. The highest BCUT2D eigenvalue weighted by molar-refractivity contribution is 7.98.